The van der Waals surface area contributed by atoms with Crippen LogP contribution in [0.5, 0.6) is 0 Å². The van der Waals surface area contributed by atoms with Crippen molar-refractivity contribution in [2.75, 3.05) is 31.1 Å². The lowest BCUT2D eigenvalue weighted by Crippen LogP contribution is -2.41. The predicted molar refractivity (Wildman–Crippen MR) is 110 cm³/mol. The van der Waals surface area contributed by atoms with Gasteiger partial charge in [-0.1, -0.05) is 24.0 Å². The average molecular weight is 432 g/mol. The van der Waals surface area contributed by atoms with Gasteiger partial charge in [-0.2, -0.15) is 13.2 Å². The first kappa shape index (κ1) is 22.4. The van der Waals surface area contributed by atoms with E-state index < -0.39 is 17.8 Å². The molecule has 0 aliphatic carbocycles. The largest absolute Gasteiger partial charge is 0.416 e. The Morgan fingerprint density at radius 3 is 2.84 bits per heavy atom. The fourth-order valence-corrected chi connectivity index (χ4v) is 3.02. The van der Waals surface area contributed by atoms with Crippen LogP contribution in [0.15, 0.2) is 42.6 Å². The van der Waals surface area contributed by atoms with E-state index in [9.17, 15) is 18.0 Å². The van der Waals surface area contributed by atoms with E-state index in [1.807, 2.05) is 19.1 Å². The van der Waals surface area contributed by atoms with Gasteiger partial charge >= 0.3 is 12.2 Å². The quantitative estimate of drug-likeness (QED) is 0.729. The number of ether oxygens (including phenoxy) is 1. The zero-order chi connectivity index (χ0) is 22.3. The summed E-state index contributed by atoms with van der Waals surface area (Å²) in [5.41, 5.74) is 0.320. The molecule has 31 heavy (non-hydrogen) atoms. The smallest absolute Gasteiger partial charge is 0.375 e. The molecule has 0 radical (unpaired) electrons. The summed E-state index contributed by atoms with van der Waals surface area (Å²) in [4.78, 5) is 18.5. The second-order valence-corrected chi connectivity index (χ2v) is 7.07. The number of halogens is 3. The molecule has 6 nitrogen and oxygen atoms in total. The normalized spacial score (nSPS) is 16.3. The molecule has 1 aromatic carbocycles. The summed E-state index contributed by atoms with van der Waals surface area (Å²) in [6.07, 6.45) is -2.54. The van der Waals surface area contributed by atoms with Crippen molar-refractivity contribution < 1.29 is 22.7 Å². The van der Waals surface area contributed by atoms with Crippen molar-refractivity contribution in [2.45, 2.75) is 25.7 Å². The van der Waals surface area contributed by atoms with E-state index in [1.165, 1.54) is 12.1 Å². The number of nitrogens with zero attached hydrogens (tertiary/aromatic N) is 2. The molecule has 9 heteroatoms. The third-order valence-electron chi connectivity index (χ3n) is 4.59. The van der Waals surface area contributed by atoms with Crippen LogP contribution in [0.2, 0.25) is 0 Å². The Kier molecular flexibility index (Phi) is 7.36. The molecular formula is C22H23F3N4O2. The number of nitrogens with one attached hydrogen (secondary N) is 2. The van der Waals surface area contributed by atoms with E-state index in [0.717, 1.165) is 36.6 Å². The fourth-order valence-electron chi connectivity index (χ4n) is 3.02. The van der Waals surface area contributed by atoms with Crippen LogP contribution in [0.25, 0.3) is 0 Å². The number of hydrogen-bond donors (Lipinski definition) is 2. The van der Waals surface area contributed by atoms with Crippen molar-refractivity contribution in [1.82, 2.24) is 15.6 Å². The molecular weight excluding hydrogens is 409 g/mol. The summed E-state index contributed by atoms with van der Waals surface area (Å²) >= 11 is 0. The molecule has 2 aromatic rings. The molecule has 164 valence electrons. The molecule has 2 N–H and O–H groups in total. The van der Waals surface area contributed by atoms with Gasteiger partial charge in [0, 0.05) is 31.4 Å². The number of anilines is 1. The number of pyridine rings is 1. The first-order chi connectivity index (χ1) is 14.8. The van der Waals surface area contributed by atoms with E-state index in [-0.39, 0.29) is 18.2 Å². The topological polar surface area (TPSA) is 66.5 Å². The molecule has 2 heterocycles. The molecule has 1 saturated heterocycles. The SMILES string of the molecule is CC1CN(c2ccc(CNC(=O)NCC#Cc3cccc(C(F)(F)F)c3)cn2)CCO1. The molecule has 1 aliphatic rings. The molecule has 1 atom stereocenters. The second-order valence-electron chi connectivity index (χ2n) is 7.07. The molecule has 1 unspecified atom stereocenters. The van der Waals surface area contributed by atoms with Crippen molar-refractivity contribution in [2.24, 2.45) is 0 Å². The zero-order valence-electron chi connectivity index (χ0n) is 17.0. The van der Waals surface area contributed by atoms with Crippen LogP contribution in [0.3, 0.4) is 0 Å². The third kappa shape index (κ3) is 6.89. The lowest BCUT2D eigenvalue weighted by molar-refractivity contribution is -0.137. The first-order valence-corrected chi connectivity index (χ1v) is 9.80. The summed E-state index contributed by atoms with van der Waals surface area (Å²) in [5.74, 6) is 6.12. The minimum Gasteiger partial charge on any atom is -0.375 e. The first-order valence-electron chi connectivity index (χ1n) is 9.80. The van der Waals surface area contributed by atoms with Crippen molar-refractivity contribution in [3.8, 4) is 11.8 Å². The van der Waals surface area contributed by atoms with E-state index in [0.29, 0.717) is 13.2 Å². The lowest BCUT2D eigenvalue weighted by Gasteiger charge is -2.32. The molecule has 2 amide bonds. The van der Waals surface area contributed by atoms with Crippen LogP contribution in [0.4, 0.5) is 23.8 Å². The van der Waals surface area contributed by atoms with Gasteiger partial charge in [-0.15, -0.1) is 0 Å². The van der Waals surface area contributed by atoms with Crippen molar-refractivity contribution in [1.29, 1.82) is 0 Å². The van der Waals surface area contributed by atoms with Crippen LogP contribution >= 0.6 is 0 Å². The molecule has 1 aliphatic heterocycles. The Hall–Kier alpha value is -3.25. The molecule has 1 fully saturated rings. The Labute approximate surface area is 178 Å². The van der Waals surface area contributed by atoms with Crippen LogP contribution in [-0.4, -0.2) is 43.4 Å². The number of benzene rings is 1. The number of rotatable bonds is 4. The van der Waals surface area contributed by atoms with Gasteiger partial charge in [-0.3, -0.25) is 0 Å². The van der Waals surface area contributed by atoms with E-state index in [1.54, 1.807) is 6.20 Å². The minimum atomic E-state index is -4.41. The monoisotopic (exact) mass is 432 g/mol. The van der Waals surface area contributed by atoms with Gasteiger partial charge in [0.1, 0.15) is 5.82 Å². The van der Waals surface area contributed by atoms with Crippen LogP contribution < -0.4 is 15.5 Å². The summed E-state index contributed by atoms with van der Waals surface area (Å²) in [7, 11) is 0. The van der Waals surface area contributed by atoms with Gasteiger partial charge in [0.05, 0.1) is 24.8 Å². The highest BCUT2D eigenvalue weighted by Crippen LogP contribution is 2.29. The Morgan fingerprint density at radius 2 is 2.13 bits per heavy atom. The molecule has 3 rings (SSSR count). The van der Waals surface area contributed by atoms with Crippen LogP contribution in [-0.2, 0) is 17.5 Å². The van der Waals surface area contributed by atoms with Gasteiger partial charge in [0.2, 0.25) is 0 Å². The second kappa shape index (κ2) is 10.2. The summed E-state index contributed by atoms with van der Waals surface area (Å²) < 4.78 is 43.6. The maximum absolute atomic E-state index is 12.7. The summed E-state index contributed by atoms with van der Waals surface area (Å²) in [6, 6.07) is 8.12. The molecule has 0 spiro atoms. The number of carbonyl (C=O) groups is 1. The number of morpholine rings is 1. The number of alkyl halides is 3. The number of urea groups is 1. The highest BCUT2D eigenvalue weighted by molar-refractivity contribution is 5.74. The Balaban J connectivity index is 1.42. The number of aromatic nitrogens is 1. The average Bonchev–Trinajstić information content (AvgIpc) is 2.75. The maximum Gasteiger partial charge on any atom is 0.416 e. The number of amides is 2. The minimum absolute atomic E-state index is 0.00841. The van der Waals surface area contributed by atoms with Crippen LogP contribution in [0, 0.1) is 11.8 Å². The zero-order valence-corrected chi connectivity index (χ0v) is 17.0. The van der Waals surface area contributed by atoms with Gasteiger partial charge < -0.3 is 20.3 Å². The molecule has 1 aromatic heterocycles. The van der Waals surface area contributed by atoms with Crippen molar-refractivity contribution >= 4 is 11.8 Å². The number of carbonyl (C=O) groups excluding carboxylic acids is 1. The highest BCUT2D eigenvalue weighted by atomic mass is 19.4. The highest BCUT2D eigenvalue weighted by Gasteiger charge is 2.30. The van der Waals surface area contributed by atoms with Crippen LogP contribution in [0.1, 0.15) is 23.6 Å². The molecule has 0 saturated carbocycles. The lowest BCUT2D eigenvalue weighted by atomic mass is 10.1. The predicted octanol–water partition coefficient (Wildman–Crippen LogP) is 3.18. The summed E-state index contributed by atoms with van der Waals surface area (Å²) in [6.45, 7) is 4.57. The fraction of sp³-hybridized carbons (Fsp3) is 0.364. The number of hydrogen-bond acceptors (Lipinski definition) is 4. The van der Waals surface area contributed by atoms with E-state index in [2.05, 4.69) is 32.4 Å². The van der Waals surface area contributed by atoms with Gasteiger partial charge in [-0.05, 0) is 36.8 Å². The summed E-state index contributed by atoms with van der Waals surface area (Å²) in [5, 5.41) is 5.24. The van der Waals surface area contributed by atoms with Crippen molar-refractivity contribution in [3.05, 3.63) is 59.3 Å². The third-order valence-corrected chi connectivity index (χ3v) is 4.59. The van der Waals surface area contributed by atoms with Gasteiger partial charge in [-0.25, -0.2) is 9.78 Å². The standard InChI is InChI=1S/C22H23F3N4O2/c1-16-15-29(10-11-31-16)20-8-7-18(13-27-20)14-28-21(30)26-9-3-5-17-4-2-6-19(12-17)22(23,24)25/h2,4,6-8,12-13,16H,9-11,14-15H2,1H3,(H2,26,28,30). The van der Waals surface area contributed by atoms with Gasteiger partial charge in [0.15, 0.2) is 0 Å². The maximum atomic E-state index is 12.7. The van der Waals surface area contributed by atoms with E-state index in [4.69, 9.17) is 4.74 Å². The van der Waals surface area contributed by atoms with Crippen molar-refractivity contribution in [3.63, 3.8) is 0 Å². The Bertz CT molecular complexity index is 952. The Morgan fingerprint density at radius 1 is 1.29 bits per heavy atom. The molecule has 0 bridgehead atoms. The van der Waals surface area contributed by atoms with E-state index >= 15 is 0 Å². The van der Waals surface area contributed by atoms with Gasteiger partial charge in [0.25, 0.3) is 0 Å².